The molecule has 1 saturated heterocycles. The predicted molar refractivity (Wildman–Crippen MR) is 59.7 cm³/mol. The summed E-state index contributed by atoms with van der Waals surface area (Å²) in [6.07, 6.45) is -0.618. The first kappa shape index (κ1) is 13.0. The summed E-state index contributed by atoms with van der Waals surface area (Å²) >= 11 is 0. The highest BCUT2D eigenvalue weighted by molar-refractivity contribution is 5.92. The maximum Gasteiger partial charge on any atom is 0.242 e. The number of hydrogen-bond donors (Lipinski definition) is 1. The van der Waals surface area contributed by atoms with Gasteiger partial charge in [0, 0.05) is 13.6 Å². The number of aliphatic hydroxyl groups is 1. The van der Waals surface area contributed by atoms with Gasteiger partial charge in [-0.15, -0.1) is 0 Å². The molecule has 1 rings (SSSR count). The van der Waals surface area contributed by atoms with Crippen LogP contribution in [0, 0.1) is 5.41 Å². The Morgan fingerprint density at radius 1 is 1.25 bits per heavy atom. The Morgan fingerprint density at radius 2 is 1.81 bits per heavy atom. The van der Waals surface area contributed by atoms with E-state index in [2.05, 4.69) is 0 Å². The van der Waals surface area contributed by atoms with Gasteiger partial charge in [0.15, 0.2) is 0 Å². The van der Waals surface area contributed by atoms with Gasteiger partial charge in [-0.25, -0.2) is 0 Å². The van der Waals surface area contributed by atoms with E-state index in [0.29, 0.717) is 0 Å². The molecule has 1 N–H and O–H groups in total. The number of carbonyl (C=O) groups excluding carboxylic acids is 2. The average Bonchev–Trinajstić information content (AvgIpc) is 2.12. The van der Waals surface area contributed by atoms with Gasteiger partial charge >= 0.3 is 0 Å². The lowest BCUT2D eigenvalue weighted by Gasteiger charge is -2.36. The minimum Gasteiger partial charge on any atom is -0.391 e. The van der Waals surface area contributed by atoms with E-state index in [4.69, 9.17) is 0 Å². The summed E-state index contributed by atoms with van der Waals surface area (Å²) in [5, 5.41) is 9.89. The molecule has 1 atom stereocenters. The van der Waals surface area contributed by atoms with Gasteiger partial charge in [0.2, 0.25) is 11.8 Å². The quantitative estimate of drug-likeness (QED) is 0.705. The number of hydrogen-bond acceptors (Lipinski definition) is 3. The van der Waals surface area contributed by atoms with Gasteiger partial charge in [-0.1, -0.05) is 20.8 Å². The van der Waals surface area contributed by atoms with E-state index in [1.807, 2.05) is 20.8 Å². The first-order chi connectivity index (χ1) is 7.21. The molecule has 5 heteroatoms. The monoisotopic (exact) mass is 228 g/mol. The zero-order valence-electron chi connectivity index (χ0n) is 10.4. The second kappa shape index (κ2) is 4.41. The maximum absolute atomic E-state index is 11.6. The summed E-state index contributed by atoms with van der Waals surface area (Å²) in [6.45, 7) is 6.11. The molecule has 16 heavy (non-hydrogen) atoms. The van der Waals surface area contributed by atoms with Crippen molar-refractivity contribution >= 4 is 11.8 Å². The molecule has 0 bridgehead atoms. The maximum atomic E-state index is 11.6. The van der Waals surface area contributed by atoms with Crippen LogP contribution in [-0.4, -0.2) is 59.5 Å². The topological polar surface area (TPSA) is 60.9 Å². The third-order valence-corrected chi connectivity index (χ3v) is 2.87. The Bertz CT molecular complexity index is 296. The van der Waals surface area contributed by atoms with Crippen molar-refractivity contribution in [2.75, 3.05) is 26.7 Å². The van der Waals surface area contributed by atoms with Crippen LogP contribution in [0.1, 0.15) is 20.8 Å². The number of aliphatic hydroxyl groups excluding tert-OH is 1. The fourth-order valence-corrected chi connectivity index (χ4v) is 1.41. The zero-order chi connectivity index (χ0) is 12.5. The number of rotatable bonds is 2. The molecule has 0 radical (unpaired) electrons. The molecular formula is C11H20N2O3. The Labute approximate surface area is 96.0 Å². The van der Waals surface area contributed by atoms with E-state index in [-0.39, 0.29) is 36.9 Å². The van der Waals surface area contributed by atoms with Crippen molar-refractivity contribution in [3.63, 3.8) is 0 Å². The van der Waals surface area contributed by atoms with E-state index in [1.165, 1.54) is 9.80 Å². The Hall–Kier alpha value is -1.10. The molecule has 1 heterocycles. The second-order valence-electron chi connectivity index (χ2n) is 5.41. The summed E-state index contributed by atoms with van der Waals surface area (Å²) in [5.74, 6) is -0.189. The van der Waals surface area contributed by atoms with Crippen LogP contribution >= 0.6 is 0 Å². The highest BCUT2D eigenvalue weighted by Gasteiger charge is 2.31. The lowest BCUT2D eigenvalue weighted by molar-refractivity contribution is -0.150. The van der Waals surface area contributed by atoms with Crippen molar-refractivity contribution in [1.29, 1.82) is 0 Å². The second-order valence-corrected chi connectivity index (χ2v) is 5.41. The van der Waals surface area contributed by atoms with Gasteiger partial charge in [-0.3, -0.25) is 9.59 Å². The number of β-amino-alcohol motifs (C(OH)–C–C–N with tert-alkyl or cyclic N) is 1. The molecule has 2 amide bonds. The molecule has 0 aliphatic carbocycles. The molecule has 1 aliphatic heterocycles. The molecule has 1 fully saturated rings. The molecule has 0 spiro atoms. The Balaban J connectivity index is 2.61. The normalized spacial score (nSPS) is 20.3. The number of likely N-dealkylation sites (N-methyl/N-ethyl adjacent to an activating group) is 1. The van der Waals surface area contributed by atoms with Gasteiger partial charge < -0.3 is 14.9 Å². The lowest BCUT2D eigenvalue weighted by atomic mass is 9.89. The van der Waals surface area contributed by atoms with Crippen LogP contribution in [0.3, 0.4) is 0 Å². The Kier molecular flexibility index (Phi) is 3.57. The summed E-state index contributed by atoms with van der Waals surface area (Å²) in [7, 11) is 1.61. The molecular weight excluding hydrogens is 208 g/mol. The van der Waals surface area contributed by atoms with Crippen LogP contribution in [0.4, 0.5) is 0 Å². The number of piperazine rings is 1. The van der Waals surface area contributed by atoms with Gasteiger partial charge in [0.25, 0.3) is 0 Å². The summed E-state index contributed by atoms with van der Waals surface area (Å²) in [5.41, 5.74) is -0.285. The average molecular weight is 228 g/mol. The van der Waals surface area contributed by atoms with E-state index >= 15 is 0 Å². The predicted octanol–water partition coefficient (Wildman–Crippen LogP) is -0.306. The molecule has 0 aromatic carbocycles. The van der Waals surface area contributed by atoms with Crippen molar-refractivity contribution < 1.29 is 14.7 Å². The third kappa shape index (κ3) is 2.95. The standard InChI is InChI=1S/C11H20N2O3/c1-11(2,3)8(14)5-13-7-9(15)12(4)6-10(13)16/h8,14H,5-7H2,1-4H3. The Morgan fingerprint density at radius 3 is 2.31 bits per heavy atom. The van der Waals surface area contributed by atoms with E-state index in [1.54, 1.807) is 7.05 Å². The summed E-state index contributed by atoms with van der Waals surface area (Å²) < 4.78 is 0. The number of carbonyl (C=O) groups is 2. The van der Waals surface area contributed by atoms with Crippen molar-refractivity contribution in [3.05, 3.63) is 0 Å². The largest absolute Gasteiger partial charge is 0.391 e. The van der Waals surface area contributed by atoms with Crippen LogP contribution < -0.4 is 0 Å². The van der Waals surface area contributed by atoms with Gasteiger partial charge in [-0.2, -0.15) is 0 Å². The molecule has 0 aromatic heterocycles. The fraction of sp³-hybridized carbons (Fsp3) is 0.818. The minimum absolute atomic E-state index is 0.0719. The minimum atomic E-state index is -0.618. The number of amides is 2. The summed E-state index contributed by atoms with van der Waals surface area (Å²) in [6, 6.07) is 0. The smallest absolute Gasteiger partial charge is 0.242 e. The van der Waals surface area contributed by atoms with Crippen molar-refractivity contribution in [1.82, 2.24) is 9.80 Å². The van der Waals surface area contributed by atoms with Gasteiger partial charge in [-0.05, 0) is 5.41 Å². The molecule has 5 nitrogen and oxygen atoms in total. The molecule has 1 unspecified atom stereocenters. The van der Waals surface area contributed by atoms with Crippen LogP contribution in [0.2, 0.25) is 0 Å². The van der Waals surface area contributed by atoms with Gasteiger partial charge in [0.1, 0.15) is 0 Å². The van der Waals surface area contributed by atoms with Gasteiger partial charge in [0.05, 0.1) is 19.2 Å². The highest BCUT2D eigenvalue weighted by atomic mass is 16.3. The number of nitrogens with zero attached hydrogens (tertiary/aromatic N) is 2. The first-order valence-corrected chi connectivity index (χ1v) is 5.41. The molecule has 0 saturated carbocycles. The SMILES string of the molecule is CN1CC(=O)N(CC(O)C(C)(C)C)CC1=O. The molecule has 0 aromatic rings. The van der Waals surface area contributed by atoms with Crippen LogP contribution in [0.5, 0.6) is 0 Å². The van der Waals surface area contributed by atoms with Crippen LogP contribution in [-0.2, 0) is 9.59 Å². The molecule has 92 valence electrons. The van der Waals surface area contributed by atoms with E-state index in [0.717, 1.165) is 0 Å². The van der Waals surface area contributed by atoms with Crippen molar-refractivity contribution in [2.45, 2.75) is 26.9 Å². The fourth-order valence-electron chi connectivity index (χ4n) is 1.41. The zero-order valence-corrected chi connectivity index (χ0v) is 10.4. The van der Waals surface area contributed by atoms with Crippen molar-refractivity contribution in [2.24, 2.45) is 5.41 Å². The highest BCUT2D eigenvalue weighted by Crippen LogP contribution is 2.20. The summed E-state index contributed by atoms with van der Waals surface area (Å²) in [4.78, 5) is 25.9. The van der Waals surface area contributed by atoms with Crippen LogP contribution in [0.25, 0.3) is 0 Å². The van der Waals surface area contributed by atoms with Crippen molar-refractivity contribution in [3.8, 4) is 0 Å². The first-order valence-electron chi connectivity index (χ1n) is 5.41. The third-order valence-electron chi connectivity index (χ3n) is 2.87. The molecule has 1 aliphatic rings. The lowest BCUT2D eigenvalue weighted by Crippen LogP contribution is -2.55. The van der Waals surface area contributed by atoms with E-state index in [9.17, 15) is 14.7 Å². The van der Waals surface area contributed by atoms with E-state index < -0.39 is 6.10 Å². The van der Waals surface area contributed by atoms with Crippen LogP contribution in [0.15, 0.2) is 0 Å².